The van der Waals surface area contributed by atoms with Gasteiger partial charge in [0.25, 0.3) is 0 Å². The highest BCUT2D eigenvalue weighted by molar-refractivity contribution is 9.10. The van der Waals surface area contributed by atoms with Gasteiger partial charge in [0.1, 0.15) is 4.90 Å². The Hall–Kier alpha value is -3.41. The van der Waals surface area contributed by atoms with Gasteiger partial charge in [-0.15, -0.1) is 0 Å². The summed E-state index contributed by atoms with van der Waals surface area (Å²) in [4.78, 5) is 0.124. The third kappa shape index (κ3) is 4.63. The number of benzene rings is 5. The Kier molecular flexibility index (Phi) is 5.98. The van der Waals surface area contributed by atoms with Crippen LogP contribution in [0.25, 0.3) is 33.7 Å². The van der Waals surface area contributed by atoms with Crippen molar-refractivity contribution in [2.45, 2.75) is 11.8 Å². The van der Waals surface area contributed by atoms with E-state index in [2.05, 4.69) is 40.2 Å². The van der Waals surface area contributed by atoms with Gasteiger partial charge in [-0.05, 0) is 70.4 Å². The Morgan fingerprint density at radius 2 is 1.18 bits per heavy atom. The Morgan fingerprint density at radius 3 is 1.79 bits per heavy atom. The highest BCUT2D eigenvalue weighted by Gasteiger charge is 2.18. The standard InChI is InChI=1S/C29H21BrO3S/c1-20-10-14-27(15-11-20)34(31,32)33-29-19-24-9-5-3-7-22(24)17-26(29)13-12-25-16-21-6-2-4-8-23(21)18-28(25)30/h2-19H,1H3/b13-12-. The van der Waals surface area contributed by atoms with E-state index in [1.807, 2.05) is 61.5 Å². The fourth-order valence-electron chi connectivity index (χ4n) is 3.85. The van der Waals surface area contributed by atoms with E-state index in [0.29, 0.717) is 5.56 Å². The van der Waals surface area contributed by atoms with Crippen molar-refractivity contribution in [3.63, 3.8) is 0 Å². The van der Waals surface area contributed by atoms with Crippen LogP contribution >= 0.6 is 15.9 Å². The van der Waals surface area contributed by atoms with Gasteiger partial charge >= 0.3 is 10.1 Å². The highest BCUT2D eigenvalue weighted by Crippen LogP contribution is 2.32. The maximum atomic E-state index is 13.0. The molecule has 0 saturated carbocycles. The second-order valence-corrected chi connectivity index (χ2v) is 10.5. The van der Waals surface area contributed by atoms with Gasteiger partial charge < -0.3 is 4.18 Å². The topological polar surface area (TPSA) is 43.4 Å². The van der Waals surface area contributed by atoms with Gasteiger partial charge in [-0.1, -0.05) is 94.3 Å². The van der Waals surface area contributed by atoms with E-state index in [-0.39, 0.29) is 10.6 Å². The normalized spacial score (nSPS) is 11.9. The van der Waals surface area contributed by atoms with Crippen LogP contribution in [0.1, 0.15) is 16.7 Å². The van der Waals surface area contributed by atoms with Crippen LogP contribution < -0.4 is 4.18 Å². The highest BCUT2D eigenvalue weighted by atomic mass is 79.9. The molecule has 5 aromatic rings. The summed E-state index contributed by atoms with van der Waals surface area (Å²) in [5.41, 5.74) is 2.64. The summed E-state index contributed by atoms with van der Waals surface area (Å²) in [6.45, 7) is 1.91. The van der Waals surface area contributed by atoms with Crippen LogP contribution in [-0.2, 0) is 10.1 Å². The molecule has 0 aliphatic heterocycles. The van der Waals surface area contributed by atoms with Crippen LogP contribution in [0.2, 0.25) is 0 Å². The molecule has 5 aromatic carbocycles. The monoisotopic (exact) mass is 528 g/mol. The fourth-order valence-corrected chi connectivity index (χ4v) is 5.29. The molecule has 0 aliphatic rings. The van der Waals surface area contributed by atoms with Crippen LogP contribution in [0.3, 0.4) is 0 Å². The van der Waals surface area contributed by atoms with Gasteiger partial charge in [-0.3, -0.25) is 0 Å². The maximum absolute atomic E-state index is 13.0. The summed E-state index contributed by atoms with van der Waals surface area (Å²) in [5, 5.41) is 4.17. The lowest BCUT2D eigenvalue weighted by Gasteiger charge is -2.12. The number of fused-ring (bicyclic) bond motifs is 2. The molecule has 0 aliphatic carbocycles. The van der Waals surface area contributed by atoms with Crippen LogP contribution in [-0.4, -0.2) is 8.42 Å². The second-order valence-electron chi connectivity index (χ2n) is 8.14. The lowest BCUT2D eigenvalue weighted by molar-refractivity contribution is 0.486. The van der Waals surface area contributed by atoms with Crippen molar-refractivity contribution >= 4 is 59.7 Å². The first-order valence-electron chi connectivity index (χ1n) is 10.8. The molecule has 0 unspecified atom stereocenters. The van der Waals surface area contributed by atoms with E-state index in [0.717, 1.165) is 37.1 Å². The fraction of sp³-hybridized carbons (Fsp3) is 0.0345. The Labute approximate surface area is 207 Å². The summed E-state index contributed by atoms with van der Waals surface area (Å²) in [6, 6.07) is 30.5. The Morgan fingerprint density at radius 1 is 0.676 bits per heavy atom. The lowest BCUT2D eigenvalue weighted by atomic mass is 10.0. The number of halogens is 1. The van der Waals surface area contributed by atoms with Crippen molar-refractivity contribution in [2.75, 3.05) is 0 Å². The largest absolute Gasteiger partial charge is 0.378 e. The minimum Gasteiger partial charge on any atom is -0.378 e. The Bertz CT molecular complexity index is 1650. The molecule has 0 N–H and O–H groups in total. The quantitative estimate of drug-likeness (QED) is 0.171. The van der Waals surface area contributed by atoms with Crippen molar-refractivity contribution < 1.29 is 12.6 Å². The smallest absolute Gasteiger partial charge is 0.339 e. The average molecular weight is 529 g/mol. The van der Waals surface area contributed by atoms with E-state index in [1.54, 1.807) is 30.3 Å². The lowest BCUT2D eigenvalue weighted by Crippen LogP contribution is -2.10. The molecule has 5 heteroatoms. The zero-order valence-corrected chi connectivity index (χ0v) is 20.8. The van der Waals surface area contributed by atoms with E-state index in [4.69, 9.17) is 4.18 Å². The molecule has 0 aromatic heterocycles. The molecule has 0 spiro atoms. The molecule has 5 rings (SSSR count). The zero-order chi connectivity index (χ0) is 23.7. The first kappa shape index (κ1) is 22.4. The summed E-state index contributed by atoms with van der Waals surface area (Å²) < 4.78 is 32.7. The third-order valence-electron chi connectivity index (χ3n) is 5.69. The molecule has 0 heterocycles. The van der Waals surface area contributed by atoms with Crippen molar-refractivity contribution in [1.29, 1.82) is 0 Å². The van der Waals surface area contributed by atoms with Crippen molar-refractivity contribution in [3.8, 4) is 5.75 Å². The first-order valence-corrected chi connectivity index (χ1v) is 13.0. The molecular formula is C29H21BrO3S. The predicted molar refractivity (Wildman–Crippen MR) is 144 cm³/mol. The molecule has 168 valence electrons. The molecule has 0 bridgehead atoms. The van der Waals surface area contributed by atoms with E-state index in [9.17, 15) is 8.42 Å². The average Bonchev–Trinajstić information content (AvgIpc) is 2.83. The number of hydrogen-bond acceptors (Lipinski definition) is 3. The van der Waals surface area contributed by atoms with Crippen LogP contribution in [0.15, 0.2) is 106 Å². The van der Waals surface area contributed by atoms with Gasteiger partial charge in [0.15, 0.2) is 5.75 Å². The van der Waals surface area contributed by atoms with Gasteiger partial charge in [0.05, 0.1) is 0 Å². The molecule has 34 heavy (non-hydrogen) atoms. The summed E-state index contributed by atoms with van der Waals surface area (Å²) in [7, 11) is -3.98. The van der Waals surface area contributed by atoms with E-state index in [1.165, 1.54) is 0 Å². The molecule has 0 atom stereocenters. The minimum atomic E-state index is -3.98. The van der Waals surface area contributed by atoms with Crippen LogP contribution in [0, 0.1) is 6.92 Å². The van der Waals surface area contributed by atoms with E-state index < -0.39 is 10.1 Å². The zero-order valence-electron chi connectivity index (χ0n) is 18.4. The van der Waals surface area contributed by atoms with Crippen molar-refractivity contribution in [1.82, 2.24) is 0 Å². The predicted octanol–water partition coefficient (Wildman–Crippen LogP) is 8.00. The maximum Gasteiger partial charge on any atom is 0.339 e. The van der Waals surface area contributed by atoms with Gasteiger partial charge in [0.2, 0.25) is 0 Å². The van der Waals surface area contributed by atoms with E-state index >= 15 is 0 Å². The molecule has 0 amide bonds. The van der Waals surface area contributed by atoms with Crippen LogP contribution in [0.5, 0.6) is 5.75 Å². The molecule has 0 radical (unpaired) electrons. The minimum absolute atomic E-state index is 0.124. The molecule has 0 fully saturated rings. The summed E-state index contributed by atoms with van der Waals surface area (Å²) in [6.07, 6.45) is 3.85. The second kappa shape index (κ2) is 9.09. The van der Waals surface area contributed by atoms with Gasteiger partial charge in [-0.25, -0.2) is 0 Å². The first-order chi connectivity index (χ1) is 16.4. The van der Waals surface area contributed by atoms with Crippen LogP contribution in [0.4, 0.5) is 0 Å². The van der Waals surface area contributed by atoms with Gasteiger partial charge in [-0.2, -0.15) is 8.42 Å². The molecule has 0 saturated heterocycles. The Balaban J connectivity index is 1.58. The summed E-state index contributed by atoms with van der Waals surface area (Å²) in [5.74, 6) is 0.285. The number of rotatable bonds is 5. The van der Waals surface area contributed by atoms with Crippen molar-refractivity contribution in [2.24, 2.45) is 0 Å². The molecular weight excluding hydrogens is 508 g/mol. The van der Waals surface area contributed by atoms with Gasteiger partial charge in [0, 0.05) is 10.0 Å². The third-order valence-corrected chi connectivity index (χ3v) is 7.63. The SMILES string of the molecule is Cc1ccc(S(=O)(=O)Oc2cc3ccccc3cc2/C=C\c2cc3ccccc3cc2Br)cc1. The van der Waals surface area contributed by atoms with Crippen molar-refractivity contribution in [3.05, 3.63) is 118 Å². The summed E-state index contributed by atoms with van der Waals surface area (Å²) >= 11 is 3.66. The molecule has 3 nitrogen and oxygen atoms in total. The number of aryl methyl sites for hydroxylation is 1. The number of hydrogen-bond donors (Lipinski definition) is 0.